The maximum atomic E-state index is 3.25. The molecule has 0 fully saturated rings. The number of likely N-dealkylation sites (N-methyl/N-ethyl adjacent to an activating group) is 1. The number of nitrogens with one attached hydrogen (secondary N) is 1. The lowest BCUT2D eigenvalue weighted by molar-refractivity contribution is 0.618. The van der Waals surface area contributed by atoms with Gasteiger partial charge in [0.25, 0.3) is 0 Å². The van der Waals surface area contributed by atoms with E-state index in [1.807, 2.05) is 7.05 Å². The average molecular weight is 164 g/mol. The summed E-state index contributed by atoms with van der Waals surface area (Å²) in [6.45, 7) is 1.12. The van der Waals surface area contributed by atoms with Gasteiger partial charge in [-0.25, -0.2) is 0 Å². The van der Waals surface area contributed by atoms with Crippen molar-refractivity contribution >= 4 is 0 Å². The lowest BCUT2D eigenvalue weighted by Gasteiger charge is -2.08. The molecular weight excluding hydrogens is 148 g/mol. The van der Waals surface area contributed by atoms with E-state index in [1.165, 1.54) is 12.8 Å². The van der Waals surface area contributed by atoms with E-state index in [0.29, 0.717) is 0 Å². The topological polar surface area (TPSA) is 17.0 Å². The predicted octanol–water partition coefficient (Wildman–Crippen LogP) is 1.27. The van der Waals surface area contributed by atoms with Crippen molar-refractivity contribution in [3.8, 4) is 0 Å². The maximum Gasteiger partial charge on any atom is 0.0106 e. The highest BCUT2D eigenvalue weighted by atomic mass is 14.9. The number of nitrogens with zero attached hydrogens (tertiary/aromatic N) is 1. The van der Waals surface area contributed by atoms with Crippen molar-refractivity contribution in [3.05, 3.63) is 23.5 Å². The second-order valence-corrected chi connectivity index (χ2v) is 3.70. The Morgan fingerprint density at radius 3 is 3.17 bits per heavy atom. The summed E-state index contributed by atoms with van der Waals surface area (Å²) in [5.41, 5.74) is 3.12. The van der Waals surface area contributed by atoms with Crippen molar-refractivity contribution in [1.29, 1.82) is 0 Å². The quantitative estimate of drug-likeness (QED) is 0.696. The van der Waals surface area contributed by atoms with E-state index < -0.39 is 0 Å². The molecule has 1 N–H and O–H groups in total. The second-order valence-electron chi connectivity index (χ2n) is 3.70. The Labute approximate surface area is 73.6 Å². The second kappa shape index (κ2) is 2.94. The molecule has 0 saturated heterocycles. The highest BCUT2D eigenvalue weighted by Crippen LogP contribution is 2.32. The van der Waals surface area contributed by atoms with Crippen LogP contribution in [0, 0.1) is 0 Å². The van der Waals surface area contributed by atoms with Crippen LogP contribution in [0.1, 0.15) is 23.5 Å². The maximum absolute atomic E-state index is 3.25. The van der Waals surface area contributed by atoms with Gasteiger partial charge in [-0.2, -0.15) is 0 Å². The van der Waals surface area contributed by atoms with E-state index in [9.17, 15) is 0 Å². The predicted molar refractivity (Wildman–Crippen MR) is 50.4 cm³/mol. The van der Waals surface area contributed by atoms with Crippen LogP contribution in [0.2, 0.25) is 0 Å². The first-order chi connectivity index (χ1) is 5.81. The molecule has 1 heterocycles. The van der Waals surface area contributed by atoms with Crippen LogP contribution in [0.25, 0.3) is 0 Å². The number of hydrogen-bond donors (Lipinski definition) is 1. The summed E-state index contributed by atoms with van der Waals surface area (Å²) in [6.07, 6.45) is 7.12. The van der Waals surface area contributed by atoms with Crippen LogP contribution in [0.15, 0.2) is 12.4 Å². The third-order valence-electron chi connectivity index (χ3n) is 2.73. The first kappa shape index (κ1) is 7.87. The van der Waals surface area contributed by atoms with Crippen molar-refractivity contribution in [2.45, 2.75) is 18.8 Å². The Morgan fingerprint density at radius 2 is 2.42 bits per heavy atom. The zero-order valence-corrected chi connectivity index (χ0v) is 7.80. The fraction of sp³-hybridized carbons (Fsp3) is 0.600. The minimum Gasteiger partial charge on any atom is -0.357 e. The summed E-state index contributed by atoms with van der Waals surface area (Å²) in [5, 5.41) is 3.25. The molecule has 0 amide bonds. The van der Waals surface area contributed by atoms with Gasteiger partial charge in [0.15, 0.2) is 0 Å². The van der Waals surface area contributed by atoms with E-state index in [0.717, 1.165) is 12.5 Å². The number of rotatable bonds is 2. The molecule has 1 aliphatic carbocycles. The molecule has 1 atom stereocenters. The van der Waals surface area contributed by atoms with Gasteiger partial charge in [-0.05, 0) is 36.9 Å². The van der Waals surface area contributed by atoms with Crippen LogP contribution in [-0.4, -0.2) is 18.2 Å². The lowest BCUT2D eigenvalue weighted by atomic mass is 10.1. The number of hydrogen-bond acceptors (Lipinski definition) is 1. The third kappa shape index (κ3) is 1.16. The lowest BCUT2D eigenvalue weighted by Crippen LogP contribution is -2.14. The van der Waals surface area contributed by atoms with Crippen molar-refractivity contribution in [2.75, 3.05) is 13.6 Å². The van der Waals surface area contributed by atoms with E-state index in [-0.39, 0.29) is 0 Å². The molecule has 0 saturated carbocycles. The molecule has 2 heteroatoms. The number of aromatic nitrogens is 1. The summed E-state index contributed by atoms with van der Waals surface area (Å²) in [7, 11) is 4.13. The van der Waals surface area contributed by atoms with Gasteiger partial charge in [0, 0.05) is 26.0 Å². The minimum atomic E-state index is 0.756. The van der Waals surface area contributed by atoms with E-state index in [1.54, 1.807) is 11.1 Å². The molecule has 1 aromatic rings. The van der Waals surface area contributed by atoms with Gasteiger partial charge in [-0.15, -0.1) is 0 Å². The highest BCUT2D eigenvalue weighted by molar-refractivity contribution is 5.33. The molecule has 0 spiro atoms. The molecular formula is C10H16N2. The van der Waals surface area contributed by atoms with Crippen molar-refractivity contribution in [2.24, 2.45) is 7.05 Å². The molecule has 2 rings (SSSR count). The Kier molecular flexibility index (Phi) is 1.93. The van der Waals surface area contributed by atoms with Crippen LogP contribution >= 0.6 is 0 Å². The van der Waals surface area contributed by atoms with Gasteiger partial charge in [-0.3, -0.25) is 0 Å². The van der Waals surface area contributed by atoms with E-state index in [2.05, 4.69) is 29.3 Å². The molecule has 2 nitrogen and oxygen atoms in total. The van der Waals surface area contributed by atoms with E-state index >= 15 is 0 Å². The third-order valence-corrected chi connectivity index (χ3v) is 2.73. The SMILES string of the molecule is CNCC1CCc2cn(C)cc21. The summed E-state index contributed by atoms with van der Waals surface area (Å²) >= 11 is 0. The zero-order valence-electron chi connectivity index (χ0n) is 7.80. The van der Waals surface area contributed by atoms with Crippen LogP contribution < -0.4 is 5.32 Å². The van der Waals surface area contributed by atoms with Crippen LogP contribution in [0.5, 0.6) is 0 Å². The van der Waals surface area contributed by atoms with Crippen LogP contribution in [0.4, 0.5) is 0 Å². The minimum absolute atomic E-state index is 0.756. The molecule has 0 bridgehead atoms. The average Bonchev–Trinajstić information content (AvgIpc) is 2.52. The smallest absolute Gasteiger partial charge is 0.0106 e. The van der Waals surface area contributed by atoms with Gasteiger partial charge >= 0.3 is 0 Å². The molecule has 12 heavy (non-hydrogen) atoms. The van der Waals surface area contributed by atoms with Gasteiger partial charge in [0.1, 0.15) is 0 Å². The van der Waals surface area contributed by atoms with E-state index in [4.69, 9.17) is 0 Å². The normalized spacial score (nSPS) is 21.3. The largest absolute Gasteiger partial charge is 0.357 e. The first-order valence-electron chi connectivity index (χ1n) is 4.60. The summed E-state index contributed by atoms with van der Waals surface area (Å²) in [6, 6.07) is 0. The molecule has 0 aromatic carbocycles. The summed E-state index contributed by atoms with van der Waals surface area (Å²) in [5.74, 6) is 0.756. The standard InChI is InChI=1S/C10H16N2/c1-11-5-8-3-4-9-6-12(2)7-10(8)9/h6-8,11H,3-5H2,1-2H3. The fourth-order valence-electron chi connectivity index (χ4n) is 2.18. The molecule has 0 radical (unpaired) electrons. The number of aryl methyl sites for hydroxylation is 2. The Hall–Kier alpha value is -0.760. The van der Waals surface area contributed by atoms with Crippen molar-refractivity contribution < 1.29 is 0 Å². The van der Waals surface area contributed by atoms with Gasteiger partial charge in [0.2, 0.25) is 0 Å². The molecule has 66 valence electrons. The first-order valence-corrected chi connectivity index (χ1v) is 4.60. The fourth-order valence-corrected chi connectivity index (χ4v) is 2.18. The van der Waals surface area contributed by atoms with Gasteiger partial charge in [0.05, 0.1) is 0 Å². The Bertz CT molecular complexity index is 275. The van der Waals surface area contributed by atoms with Gasteiger partial charge < -0.3 is 9.88 Å². The summed E-state index contributed by atoms with van der Waals surface area (Å²) < 4.78 is 2.17. The molecule has 0 aliphatic heterocycles. The monoisotopic (exact) mass is 164 g/mol. The van der Waals surface area contributed by atoms with Crippen molar-refractivity contribution in [1.82, 2.24) is 9.88 Å². The van der Waals surface area contributed by atoms with Crippen LogP contribution in [-0.2, 0) is 13.5 Å². The molecule has 1 aliphatic rings. The van der Waals surface area contributed by atoms with Crippen LogP contribution in [0.3, 0.4) is 0 Å². The molecule has 1 aromatic heterocycles. The highest BCUT2D eigenvalue weighted by Gasteiger charge is 2.22. The zero-order chi connectivity index (χ0) is 8.55. The summed E-state index contributed by atoms with van der Waals surface area (Å²) in [4.78, 5) is 0. The Morgan fingerprint density at radius 1 is 1.58 bits per heavy atom. The molecule has 1 unspecified atom stereocenters. The van der Waals surface area contributed by atoms with Gasteiger partial charge in [-0.1, -0.05) is 0 Å². The van der Waals surface area contributed by atoms with Crippen molar-refractivity contribution in [3.63, 3.8) is 0 Å². The number of fused-ring (bicyclic) bond motifs is 1. The Balaban J connectivity index is 2.22.